The van der Waals surface area contributed by atoms with E-state index in [2.05, 4.69) is 5.32 Å². The summed E-state index contributed by atoms with van der Waals surface area (Å²) in [5.74, 6) is 0.733. The van der Waals surface area contributed by atoms with Crippen molar-refractivity contribution in [1.82, 2.24) is 0 Å². The van der Waals surface area contributed by atoms with Gasteiger partial charge in [0.15, 0.2) is 0 Å². The SMILES string of the molecule is COc1ccc(NC(=O)OC(C)(C)C)cc1C1(CO)CC1. The van der Waals surface area contributed by atoms with Crippen molar-refractivity contribution in [2.75, 3.05) is 19.0 Å². The fourth-order valence-corrected chi connectivity index (χ4v) is 2.29. The average Bonchev–Trinajstić information content (AvgIpc) is 3.17. The third-order valence-corrected chi connectivity index (χ3v) is 3.57. The van der Waals surface area contributed by atoms with Crippen molar-refractivity contribution in [2.24, 2.45) is 0 Å². The molecule has 5 nitrogen and oxygen atoms in total. The molecular formula is C16H23NO4. The van der Waals surface area contributed by atoms with Crippen LogP contribution in [0, 0.1) is 0 Å². The van der Waals surface area contributed by atoms with Crippen LogP contribution in [0.25, 0.3) is 0 Å². The van der Waals surface area contributed by atoms with Gasteiger partial charge in [0.25, 0.3) is 0 Å². The Morgan fingerprint density at radius 2 is 2.05 bits per heavy atom. The Hall–Kier alpha value is -1.75. The van der Waals surface area contributed by atoms with Crippen molar-refractivity contribution in [3.63, 3.8) is 0 Å². The van der Waals surface area contributed by atoms with Crippen LogP contribution in [-0.4, -0.2) is 30.5 Å². The summed E-state index contributed by atoms with van der Waals surface area (Å²) in [6.45, 7) is 5.53. The number of carbonyl (C=O) groups is 1. The average molecular weight is 293 g/mol. The van der Waals surface area contributed by atoms with Crippen molar-refractivity contribution < 1.29 is 19.4 Å². The third kappa shape index (κ3) is 3.67. The molecule has 1 aromatic carbocycles. The van der Waals surface area contributed by atoms with Gasteiger partial charge < -0.3 is 14.6 Å². The molecule has 1 aliphatic carbocycles. The highest BCUT2D eigenvalue weighted by atomic mass is 16.6. The number of methoxy groups -OCH3 is 1. The lowest BCUT2D eigenvalue weighted by atomic mass is 9.95. The van der Waals surface area contributed by atoms with Gasteiger partial charge in [0, 0.05) is 16.7 Å². The van der Waals surface area contributed by atoms with Crippen LogP contribution < -0.4 is 10.1 Å². The Bertz CT molecular complexity index is 530. The third-order valence-electron chi connectivity index (χ3n) is 3.57. The summed E-state index contributed by atoms with van der Waals surface area (Å²) in [6, 6.07) is 5.42. The molecule has 1 amide bonds. The summed E-state index contributed by atoms with van der Waals surface area (Å²) in [4.78, 5) is 11.8. The number of anilines is 1. The first-order valence-corrected chi connectivity index (χ1v) is 7.09. The van der Waals surface area contributed by atoms with Gasteiger partial charge in [-0.2, -0.15) is 0 Å². The van der Waals surface area contributed by atoms with Crippen LogP contribution in [0.5, 0.6) is 5.75 Å². The Morgan fingerprint density at radius 3 is 2.52 bits per heavy atom. The molecule has 0 heterocycles. The van der Waals surface area contributed by atoms with Gasteiger partial charge in [-0.3, -0.25) is 5.32 Å². The number of aliphatic hydroxyl groups is 1. The Kier molecular flexibility index (Phi) is 4.14. The van der Waals surface area contributed by atoms with Gasteiger partial charge in [0.05, 0.1) is 13.7 Å². The fraction of sp³-hybridized carbons (Fsp3) is 0.562. The Labute approximate surface area is 125 Å². The molecule has 0 aliphatic heterocycles. The highest BCUT2D eigenvalue weighted by Gasteiger charge is 2.45. The van der Waals surface area contributed by atoms with Gasteiger partial charge in [-0.05, 0) is 51.8 Å². The van der Waals surface area contributed by atoms with E-state index in [1.54, 1.807) is 19.2 Å². The van der Waals surface area contributed by atoms with Gasteiger partial charge in [-0.15, -0.1) is 0 Å². The summed E-state index contributed by atoms with van der Waals surface area (Å²) >= 11 is 0. The smallest absolute Gasteiger partial charge is 0.412 e. The maximum atomic E-state index is 11.8. The zero-order chi connectivity index (χ0) is 15.7. The maximum absolute atomic E-state index is 11.8. The Balaban J connectivity index is 2.19. The fourth-order valence-electron chi connectivity index (χ4n) is 2.29. The highest BCUT2D eigenvalue weighted by molar-refractivity contribution is 5.85. The number of amides is 1. The van der Waals surface area contributed by atoms with Crippen molar-refractivity contribution in [3.05, 3.63) is 23.8 Å². The lowest BCUT2D eigenvalue weighted by Gasteiger charge is -2.21. The maximum Gasteiger partial charge on any atom is 0.412 e. The minimum Gasteiger partial charge on any atom is -0.496 e. The summed E-state index contributed by atoms with van der Waals surface area (Å²) in [5.41, 5.74) is 0.805. The van der Waals surface area contributed by atoms with E-state index in [4.69, 9.17) is 9.47 Å². The minimum absolute atomic E-state index is 0.0826. The molecule has 0 atom stereocenters. The molecule has 0 radical (unpaired) electrons. The van der Waals surface area contributed by atoms with E-state index in [1.807, 2.05) is 26.8 Å². The second kappa shape index (κ2) is 5.56. The van der Waals surface area contributed by atoms with E-state index in [-0.39, 0.29) is 12.0 Å². The molecule has 2 N–H and O–H groups in total. The van der Waals surface area contributed by atoms with Crippen LogP contribution in [0.2, 0.25) is 0 Å². The van der Waals surface area contributed by atoms with E-state index in [1.165, 1.54) is 0 Å². The lowest BCUT2D eigenvalue weighted by molar-refractivity contribution is 0.0636. The normalized spacial score (nSPS) is 16.2. The molecule has 0 saturated heterocycles. The number of aliphatic hydroxyl groups excluding tert-OH is 1. The molecule has 5 heteroatoms. The van der Waals surface area contributed by atoms with Crippen LogP contribution in [0.3, 0.4) is 0 Å². The van der Waals surface area contributed by atoms with E-state index in [0.29, 0.717) is 5.69 Å². The zero-order valence-electron chi connectivity index (χ0n) is 13.0. The van der Waals surface area contributed by atoms with Gasteiger partial charge >= 0.3 is 6.09 Å². The second-order valence-corrected chi connectivity index (χ2v) is 6.48. The second-order valence-electron chi connectivity index (χ2n) is 6.48. The summed E-state index contributed by atoms with van der Waals surface area (Å²) in [5, 5.41) is 12.3. The molecule has 2 rings (SSSR count). The number of hydrogen-bond donors (Lipinski definition) is 2. The topological polar surface area (TPSA) is 67.8 Å². The van der Waals surface area contributed by atoms with Crippen molar-refractivity contribution in [1.29, 1.82) is 0 Å². The summed E-state index contributed by atoms with van der Waals surface area (Å²) in [7, 11) is 1.60. The number of ether oxygens (including phenoxy) is 2. The number of carbonyl (C=O) groups excluding carboxylic acids is 1. The molecule has 21 heavy (non-hydrogen) atoms. The van der Waals surface area contributed by atoms with Crippen LogP contribution in [0.4, 0.5) is 10.5 Å². The number of hydrogen-bond acceptors (Lipinski definition) is 4. The van der Waals surface area contributed by atoms with E-state index < -0.39 is 11.7 Å². The summed E-state index contributed by atoms with van der Waals surface area (Å²) in [6.07, 6.45) is 1.36. The van der Waals surface area contributed by atoms with E-state index in [0.717, 1.165) is 24.2 Å². The highest BCUT2D eigenvalue weighted by Crippen LogP contribution is 2.51. The first-order valence-electron chi connectivity index (χ1n) is 7.09. The zero-order valence-corrected chi connectivity index (χ0v) is 13.0. The van der Waals surface area contributed by atoms with Gasteiger partial charge in [-0.1, -0.05) is 0 Å². The molecule has 0 spiro atoms. The van der Waals surface area contributed by atoms with Crippen LogP contribution in [0.15, 0.2) is 18.2 Å². The molecule has 0 aromatic heterocycles. The van der Waals surface area contributed by atoms with Crippen molar-refractivity contribution >= 4 is 11.8 Å². The molecule has 1 fully saturated rings. The van der Waals surface area contributed by atoms with Gasteiger partial charge in [0.1, 0.15) is 11.4 Å². The quantitative estimate of drug-likeness (QED) is 0.895. The monoisotopic (exact) mass is 293 g/mol. The molecule has 0 bridgehead atoms. The molecular weight excluding hydrogens is 270 g/mol. The lowest BCUT2D eigenvalue weighted by Crippen LogP contribution is -2.27. The molecule has 0 unspecified atom stereocenters. The largest absolute Gasteiger partial charge is 0.496 e. The van der Waals surface area contributed by atoms with Crippen LogP contribution >= 0.6 is 0 Å². The Morgan fingerprint density at radius 1 is 1.38 bits per heavy atom. The standard InChI is InChI=1S/C16H23NO4/c1-15(2,3)21-14(19)17-11-5-6-13(20-4)12(9-11)16(10-18)7-8-16/h5-6,9,18H,7-8,10H2,1-4H3,(H,17,19). The number of rotatable bonds is 4. The van der Waals surface area contributed by atoms with E-state index in [9.17, 15) is 9.90 Å². The van der Waals surface area contributed by atoms with Gasteiger partial charge in [0.2, 0.25) is 0 Å². The van der Waals surface area contributed by atoms with Gasteiger partial charge in [-0.25, -0.2) is 4.79 Å². The molecule has 1 aliphatic rings. The van der Waals surface area contributed by atoms with Crippen molar-refractivity contribution in [3.8, 4) is 5.75 Å². The number of nitrogens with one attached hydrogen (secondary N) is 1. The number of benzene rings is 1. The first kappa shape index (κ1) is 15.6. The van der Waals surface area contributed by atoms with Crippen LogP contribution in [0.1, 0.15) is 39.2 Å². The summed E-state index contributed by atoms with van der Waals surface area (Å²) < 4.78 is 10.6. The van der Waals surface area contributed by atoms with Crippen molar-refractivity contribution in [2.45, 2.75) is 44.6 Å². The molecule has 1 saturated carbocycles. The predicted molar refractivity (Wildman–Crippen MR) is 80.8 cm³/mol. The minimum atomic E-state index is -0.539. The molecule has 116 valence electrons. The predicted octanol–water partition coefficient (Wildman–Crippen LogP) is 3.07. The van der Waals surface area contributed by atoms with Crippen LogP contribution in [-0.2, 0) is 10.2 Å². The van der Waals surface area contributed by atoms with E-state index >= 15 is 0 Å². The molecule has 1 aromatic rings. The first-order chi connectivity index (χ1) is 9.79.